The van der Waals surface area contributed by atoms with E-state index in [1.165, 1.54) is 6.07 Å². The van der Waals surface area contributed by atoms with Crippen LogP contribution in [0.1, 0.15) is 17.3 Å². The molecule has 0 aliphatic carbocycles. The zero-order valence-electron chi connectivity index (χ0n) is 11.5. The summed E-state index contributed by atoms with van der Waals surface area (Å²) in [7, 11) is 1.81. The molecule has 1 aromatic heterocycles. The van der Waals surface area contributed by atoms with Crippen LogP contribution in [0, 0.1) is 5.82 Å². The zero-order chi connectivity index (χ0) is 14.8. The van der Waals surface area contributed by atoms with Crippen LogP contribution in [0.15, 0.2) is 59.1 Å². The number of hydrogen-bond acceptors (Lipinski definition) is 2. The lowest BCUT2D eigenvalue weighted by molar-refractivity contribution is 0.571. The van der Waals surface area contributed by atoms with Crippen molar-refractivity contribution in [3.63, 3.8) is 0 Å². The van der Waals surface area contributed by atoms with Gasteiger partial charge in [-0.2, -0.15) is 0 Å². The SMILES string of the molecule is CNC(c1ccc2ccccc2n1)c1cc(Br)ccc1F. The Morgan fingerprint density at radius 1 is 1.10 bits per heavy atom. The van der Waals surface area contributed by atoms with E-state index in [9.17, 15) is 4.39 Å². The maximum Gasteiger partial charge on any atom is 0.128 e. The predicted molar refractivity (Wildman–Crippen MR) is 86.7 cm³/mol. The molecule has 1 N–H and O–H groups in total. The first-order chi connectivity index (χ1) is 10.2. The minimum Gasteiger partial charge on any atom is -0.308 e. The number of aromatic nitrogens is 1. The molecule has 3 rings (SSSR count). The third-order valence-electron chi connectivity index (χ3n) is 3.47. The van der Waals surface area contributed by atoms with Gasteiger partial charge in [-0.25, -0.2) is 4.39 Å². The number of hydrogen-bond donors (Lipinski definition) is 1. The van der Waals surface area contributed by atoms with Crippen molar-refractivity contribution in [2.24, 2.45) is 0 Å². The van der Waals surface area contributed by atoms with Crippen LogP contribution in [0.25, 0.3) is 10.9 Å². The lowest BCUT2D eigenvalue weighted by atomic mass is 10.0. The Kier molecular flexibility index (Phi) is 3.99. The summed E-state index contributed by atoms with van der Waals surface area (Å²) in [6.07, 6.45) is 0. The Morgan fingerprint density at radius 2 is 1.90 bits per heavy atom. The zero-order valence-corrected chi connectivity index (χ0v) is 13.1. The van der Waals surface area contributed by atoms with Crippen LogP contribution >= 0.6 is 15.9 Å². The van der Waals surface area contributed by atoms with Gasteiger partial charge < -0.3 is 5.32 Å². The second kappa shape index (κ2) is 5.92. The van der Waals surface area contributed by atoms with Crippen LogP contribution in [0.2, 0.25) is 0 Å². The molecule has 0 aliphatic rings. The Hall–Kier alpha value is -1.78. The second-order valence-corrected chi connectivity index (χ2v) is 5.73. The van der Waals surface area contributed by atoms with Crippen LogP contribution in [0.3, 0.4) is 0 Å². The summed E-state index contributed by atoms with van der Waals surface area (Å²) in [4.78, 5) is 4.65. The van der Waals surface area contributed by atoms with Gasteiger partial charge in [-0.1, -0.05) is 40.2 Å². The first-order valence-corrected chi connectivity index (χ1v) is 7.46. The average Bonchev–Trinajstić information content (AvgIpc) is 2.51. The third-order valence-corrected chi connectivity index (χ3v) is 3.97. The van der Waals surface area contributed by atoms with E-state index in [-0.39, 0.29) is 11.9 Å². The molecule has 1 unspecified atom stereocenters. The predicted octanol–water partition coefficient (Wildman–Crippen LogP) is 4.45. The van der Waals surface area contributed by atoms with E-state index in [1.54, 1.807) is 12.1 Å². The molecule has 0 saturated carbocycles. The molecule has 0 spiro atoms. The molecule has 0 bridgehead atoms. The van der Waals surface area contributed by atoms with Gasteiger partial charge in [0.2, 0.25) is 0 Å². The summed E-state index contributed by atoms with van der Waals surface area (Å²) in [5, 5.41) is 4.22. The largest absolute Gasteiger partial charge is 0.308 e. The molecule has 2 nitrogen and oxygen atoms in total. The number of benzene rings is 2. The number of halogens is 2. The van der Waals surface area contributed by atoms with Crippen LogP contribution in [-0.2, 0) is 0 Å². The van der Waals surface area contributed by atoms with Crippen molar-refractivity contribution >= 4 is 26.8 Å². The molecule has 0 aliphatic heterocycles. The van der Waals surface area contributed by atoms with Crippen molar-refractivity contribution in [3.05, 3.63) is 76.1 Å². The van der Waals surface area contributed by atoms with Crippen molar-refractivity contribution in [2.45, 2.75) is 6.04 Å². The molecule has 0 fully saturated rings. The van der Waals surface area contributed by atoms with E-state index in [1.807, 2.05) is 43.4 Å². The van der Waals surface area contributed by atoms with Crippen molar-refractivity contribution < 1.29 is 4.39 Å². The van der Waals surface area contributed by atoms with Crippen molar-refractivity contribution in [2.75, 3.05) is 7.05 Å². The van der Waals surface area contributed by atoms with Gasteiger partial charge in [0.1, 0.15) is 5.82 Å². The van der Waals surface area contributed by atoms with E-state index < -0.39 is 0 Å². The highest BCUT2D eigenvalue weighted by molar-refractivity contribution is 9.10. The number of pyridine rings is 1. The Morgan fingerprint density at radius 3 is 2.71 bits per heavy atom. The minimum atomic E-state index is -0.285. The lowest BCUT2D eigenvalue weighted by Crippen LogP contribution is -2.20. The van der Waals surface area contributed by atoms with Crippen LogP contribution in [0.5, 0.6) is 0 Å². The molecule has 1 atom stereocenters. The maximum absolute atomic E-state index is 14.1. The first-order valence-electron chi connectivity index (χ1n) is 6.67. The Bertz CT molecular complexity index is 789. The Balaban J connectivity index is 2.11. The smallest absolute Gasteiger partial charge is 0.128 e. The van der Waals surface area contributed by atoms with E-state index in [0.29, 0.717) is 5.56 Å². The van der Waals surface area contributed by atoms with Crippen molar-refractivity contribution in [1.29, 1.82) is 0 Å². The van der Waals surface area contributed by atoms with E-state index >= 15 is 0 Å². The first kappa shape index (κ1) is 14.2. The highest BCUT2D eigenvalue weighted by Gasteiger charge is 2.18. The molecule has 21 heavy (non-hydrogen) atoms. The van der Waals surface area contributed by atoms with Gasteiger partial charge >= 0.3 is 0 Å². The molecular weight excluding hydrogens is 331 g/mol. The molecule has 4 heteroatoms. The van der Waals surface area contributed by atoms with Gasteiger partial charge in [-0.3, -0.25) is 4.98 Å². The van der Waals surface area contributed by atoms with Gasteiger partial charge in [0, 0.05) is 15.4 Å². The summed E-state index contributed by atoms with van der Waals surface area (Å²) in [5.74, 6) is -0.243. The molecule has 0 amide bonds. The van der Waals surface area contributed by atoms with Gasteiger partial charge in [-0.15, -0.1) is 0 Å². The summed E-state index contributed by atoms with van der Waals surface area (Å²) in [6.45, 7) is 0. The van der Waals surface area contributed by atoms with Gasteiger partial charge in [0.05, 0.1) is 17.3 Å². The summed E-state index contributed by atoms with van der Waals surface area (Å²) in [5.41, 5.74) is 2.29. The lowest BCUT2D eigenvalue weighted by Gasteiger charge is -2.17. The summed E-state index contributed by atoms with van der Waals surface area (Å²) in [6, 6.07) is 16.5. The van der Waals surface area contributed by atoms with Crippen molar-refractivity contribution in [3.8, 4) is 0 Å². The number of rotatable bonds is 3. The van der Waals surface area contributed by atoms with E-state index in [4.69, 9.17) is 0 Å². The molecule has 2 aromatic carbocycles. The van der Waals surface area contributed by atoms with E-state index in [2.05, 4.69) is 26.2 Å². The number of nitrogens with one attached hydrogen (secondary N) is 1. The number of para-hydroxylation sites is 1. The molecule has 3 aromatic rings. The summed E-state index contributed by atoms with van der Waals surface area (Å²) >= 11 is 3.39. The van der Waals surface area contributed by atoms with Gasteiger partial charge in [-0.05, 0) is 37.4 Å². The van der Waals surface area contributed by atoms with Crippen molar-refractivity contribution in [1.82, 2.24) is 10.3 Å². The van der Waals surface area contributed by atoms with Crippen LogP contribution in [-0.4, -0.2) is 12.0 Å². The molecule has 0 saturated heterocycles. The standard InChI is InChI=1S/C17H14BrFN2/c1-20-17(13-10-12(18)7-8-14(13)19)16-9-6-11-4-2-3-5-15(11)21-16/h2-10,17,20H,1H3. The highest BCUT2D eigenvalue weighted by Crippen LogP contribution is 2.27. The topological polar surface area (TPSA) is 24.9 Å². The fourth-order valence-corrected chi connectivity index (χ4v) is 2.82. The van der Waals surface area contributed by atoms with Gasteiger partial charge in [0.15, 0.2) is 0 Å². The molecule has 0 radical (unpaired) electrons. The fourth-order valence-electron chi connectivity index (χ4n) is 2.44. The minimum absolute atomic E-state index is 0.243. The number of nitrogens with zero attached hydrogens (tertiary/aromatic N) is 1. The normalized spacial score (nSPS) is 12.5. The van der Waals surface area contributed by atoms with Gasteiger partial charge in [0.25, 0.3) is 0 Å². The van der Waals surface area contributed by atoms with Crippen LogP contribution < -0.4 is 5.32 Å². The van der Waals surface area contributed by atoms with E-state index in [0.717, 1.165) is 21.1 Å². The quantitative estimate of drug-likeness (QED) is 0.759. The number of fused-ring (bicyclic) bond motifs is 1. The van der Waals surface area contributed by atoms with Crippen LogP contribution in [0.4, 0.5) is 4.39 Å². The second-order valence-electron chi connectivity index (χ2n) is 4.82. The molecule has 106 valence electrons. The highest BCUT2D eigenvalue weighted by atomic mass is 79.9. The Labute approximate surface area is 131 Å². The molecule has 1 heterocycles. The summed E-state index contributed by atoms with van der Waals surface area (Å²) < 4.78 is 15.0. The third kappa shape index (κ3) is 2.82. The fraction of sp³-hybridized carbons (Fsp3) is 0.118. The molecular formula is C17H14BrFN2. The monoisotopic (exact) mass is 344 g/mol. The average molecular weight is 345 g/mol. The maximum atomic E-state index is 14.1.